The average molecular weight is 259 g/mol. The van der Waals surface area contributed by atoms with E-state index in [1.54, 1.807) is 4.90 Å². The lowest BCUT2D eigenvalue weighted by atomic mass is 9.94. The highest BCUT2D eigenvalue weighted by Gasteiger charge is 2.34. The molecule has 0 saturated carbocycles. The molecule has 1 fully saturated rings. The number of carbonyl (C=O) groups is 1. The quantitative estimate of drug-likeness (QED) is 0.819. The van der Waals surface area contributed by atoms with E-state index in [9.17, 15) is 4.79 Å². The molecule has 1 aromatic rings. The molecule has 2 unspecified atom stereocenters. The van der Waals surface area contributed by atoms with Crippen molar-refractivity contribution in [2.24, 2.45) is 16.1 Å². The first-order valence-corrected chi connectivity index (χ1v) is 6.65. The van der Waals surface area contributed by atoms with E-state index in [0.29, 0.717) is 31.7 Å². The molecule has 0 N–H and O–H groups in total. The minimum absolute atomic E-state index is 0.228. The Balaban J connectivity index is 1.51. The molecule has 3 rings (SSSR count). The van der Waals surface area contributed by atoms with Gasteiger partial charge >= 0.3 is 6.09 Å². The van der Waals surface area contributed by atoms with Crippen LogP contribution < -0.4 is 0 Å². The molecule has 0 spiro atoms. The molecule has 100 valence electrons. The summed E-state index contributed by atoms with van der Waals surface area (Å²) in [6.07, 6.45) is 0.670. The van der Waals surface area contributed by atoms with Crippen molar-refractivity contribution in [3.63, 3.8) is 0 Å². The van der Waals surface area contributed by atoms with Gasteiger partial charge in [0.05, 0.1) is 12.6 Å². The second-order valence-corrected chi connectivity index (χ2v) is 5.04. The number of azo groups is 1. The van der Waals surface area contributed by atoms with Gasteiger partial charge in [0, 0.05) is 19.0 Å². The highest BCUT2D eigenvalue weighted by molar-refractivity contribution is 5.67. The second-order valence-electron chi connectivity index (χ2n) is 5.04. The van der Waals surface area contributed by atoms with Gasteiger partial charge in [-0.1, -0.05) is 30.3 Å². The SMILES string of the molecule is O=C(OCc1ccccc1)N1CCC2N=NCC2C1. The third-order valence-electron chi connectivity index (χ3n) is 3.70. The zero-order valence-corrected chi connectivity index (χ0v) is 10.7. The fraction of sp³-hybridized carbons (Fsp3) is 0.500. The van der Waals surface area contributed by atoms with Gasteiger partial charge in [0.25, 0.3) is 0 Å². The van der Waals surface area contributed by atoms with Gasteiger partial charge in [-0.3, -0.25) is 0 Å². The number of hydrogen-bond acceptors (Lipinski definition) is 4. The third-order valence-corrected chi connectivity index (χ3v) is 3.70. The summed E-state index contributed by atoms with van der Waals surface area (Å²) in [7, 11) is 0. The van der Waals surface area contributed by atoms with Gasteiger partial charge in [0.2, 0.25) is 0 Å². The number of amides is 1. The Morgan fingerprint density at radius 1 is 1.37 bits per heavy atom. The van der Waals surface area contributed by atoms with Crippen molar-refractivity contribution in [3.8, 4) is 0 Å². The van der Waals surface area contributed by atoms with Gasteiger partial charge in [0.1, 0.15) is 6.61 Å². The van der Waals surface area contributed by atoms with E-state index in [-0.39, 0.29) is 6.09 Å². The second kappa shape index (κ2) is 5.38. The van der Waals surface area contributed by atoms with Gasteiger partial charge < -0.3 is 9.64 Å². The summed E-state index contributed by atoms with van der Waals surface area (Å²) in [6.45, 7) is 2.51. The number of benzene rings is 1. The number of nitrogens with zero attached hydrogens (tertiary/aromatic N) is 3. The van der Waals surface area contributed by atoms with Gasteiger partial charge in [-0.25, -0.2) is 4.79 Å². The van der Waals surface area contributed by atoms with Crippen LogP contribution in [0.25, 0.3) is 0 Å². The van der Waals surface area contributed by atoms with Crippen LogP contribution in [0.5, 0.6) is 0 Å². The highest BCUT2D eigenvalue weighted by Crippen LogP contribution is 2.25. The minimum Gasteiger partial charge on any atom is -0.445 e. The summed E-state index contributed by atoms with van der Waals surface area (Å²) in [5.41, 5.74) is 1.01. The van der Waals surface area contributed by atoms with E-state index in [1.807, 2.05) is 30.3 Å². The van der Waals surface area contributed by atoms with Crippen LogP contribution in [0.2, 0.25) is 0 Å². The fourth-order valence-corrected chi connectivity index (χ4v) is 2.58. The predicted molar refractivity (Wildman–Crippen MR) is 69.8 cm³/mol. The summed E-state index contributed by atoms with van der Waals surface area (Å²) in [5.74, 6) is 0.387. The number of piperidine rings is 1. The molecular formula is C14H17N3O2. The van der Waals surface area contributed by atoms with Crippen molar-refractivity contribution in [2.45, 2.75) is 19.1 Å². The Labute approximate surface area is 112 Å². The summed E-state index contributed by atoms with van der Waals surface area (Å²) < 4.78 is 5.34. The molecule has 0 aliphatic carbocycles. The molecule has 5 nitrogen and oxygen atoms in total. The lowest BCUT2D eigenvalue weighted by Crippen LogP contribution is -2.45. The zero-order valence-electron chi connectivity index (χ0n) is 10.7. The number of ether oxygens (including phenoxy) is 1. The maximum Gasteiger partial charge on any atom is 0.410 e. The lowest BCUT2D eigenvalue weighted by Gasteiger charge is -2.32. The van der Waals surface area contributed by atoms with Crippen LogP contribution in [0.15, 0.2) is 40.6 Å². The van der Waals surface area contributed by atoms with E-state index in [1.165, 1.54) is 0 Å². The van der Waals surface area contributed by atoms with E-state index >= 15 is 0 Å². The molecule has 2 heterocycles. The lowest BCUT2D eigenvalue weighted by molar-refractivity contribution is 0.0787. The van der Waals surface area contributed by atoms with Crippen LogP contribution in [0.3, 0.4) is 0 Å². The maximum atomic E-state index is 12.0. The molecule has 1 aromatic carbocycles. The van der Waals surface area contributed by atoms with E-state index in [2.05, 4.69) is 10.2 Å². The minimum atomic E-state index is -0.228. The summed E-state index contributed by atoms with van der Waals surface area (Å²) in [4.78, 5) is 13.8. The molecule has 0 aromatic heterocycles. The van der Waals surface area contributed by atoms with Crippen molar-refractivity contribution in [2.75, 3.05) is 19.6 Å². The van der Waals surface area contributed by atoms with Crippen molar-refractivity contribution < 1.29 is 9.53 Å². The molecule has 2 atom stereocenters. The average Bonchev–Trinajstić information content (AvgIpc) is 2.93. The fourth-order valence-electron chi connectivity index (χ4n) is 2.58. The molecule has 5 heteroatoms. The smallest absolute Gasteiger partial charge is 0.410 e. The molecule has 1 amide bonds. The Hall–Kier alpha value is -1.91. The number of rotatable bonds is 2. The zero-order chi connectivity index (χ0) is 13.1. The van der Waals surface area contributed by atoms with Crippen molar-refractivity contribution in [1.82, 2.24) is 4.90 Å². The van der Waals surface area contributed by atoms with Crippen LogP contribution in [0.1, 0.15) is 12.0 Å². The van der Waals surface area contributed by atoms with E-state index in [4.69, 9.17) is 4.74 Å². The first-order valence-electron chi connectivity index (χ1n) is 6.65. The monoisotopic (exact) mass is 259 g/mol. The molecule has 1 saturated heterocycles. The molecule has 0 radical (unpaired) electrons. The molecular weight excluding hydrogens is 242 g/mol. The first-order chi connectivity index (χ1) is 9.33. The van der Waals surface area contributed by atoms with Gasteiger partial charge in [-0.2, -0.15) is 10.2 Å². The molecule has 2 aliphatic heterocycles. The van der Waals surface area contributed by atoms with Crippen molar-refractivity contribution in [3.05, 3.63) is 35.9 Å². The Bertz CT molecular complexity index is 475. The number of carbonyl (C=O) groups excluding carboxylic acids is 1. The molecule has 0 bridgehead atoms. The van der Waals surface area contributed by atoms with Crippen LogP contribution in [0, 0.1) is 5.92 Å². The topological polar surface area (TPSA) is 54.3 Å². The van der Waals surface area contributed by atoms with Crippen molar-refractivity contribution in [1.29, 1.82) is 0 Å². The largest absolute Gasteiger partial charge is 0.445 e. The van der Waals surface area contributed by atoms with Gasteiger partial charge in [-0.15, -0.1) is 0 Å². The Morgan fingerprint density at radius 3 is 3.05 bits per heavy atom. The summed E-state index contributed by atoms with van der Waals surface area (Å²) >= 11 is 0. The Morgan fingerprint density at radius 2 is 2.21 bits per heavy atom. The van der Waals surface area contributed by atoms with Crippen LogP contribution in [0.4, 0.5) is 4.79 Å². The van der Waals surface area contributed by atoms with Gasteiger partial charge in [-0.05, 0) is 12.0 Å². The van der Waals surface area contributed by atoms with Gasteiger partial charge in [0.15, 0.2) is 0 Å². The summed E-state index contributed by atoms with van der Waals surface area (Å²) in [5, 5.41) is 8.25. The molecule has 19 heavy (non-hydrogen) atoms. The maximum absolute atomic E-state index is 12.0. The van der Waals surface area contributed by atoms with E-state index < -0.39 is 0 Å². The number of likely N-dealkylation sites (tertiary alicyclic amines) is 1. The van der Waals surface area contributed by atoms with Crippen LogP contribution in [-0.2, 0) is 11.3 Å². The highest BCUT2D eigenvalue weighted by atomic mass is 16.6. The standard InChI is InChI=1S/C14H17N3O2/c18-14(19-10-11-4-2-1-3-5-11)17-7-6-13-12(9-17)8-15-16-13/h1-5,12-13H,6-10H2. The first kappa shape index (κ1) is 12.1. The van der Waals surface area contributed by atoms with E-state index in [0.717, 1.165) is 18.5 Å². The van der Waals surface area contributed by atoms with Crippen LogP contribution in [-0.4, -0.2) is 36.7 Å². The normalized spacial score (nSPS) is 25.2. The Kier molecular flexibility index (Phi) is 3.44. The summed E-state index contributed by atoms with van der Waals surface area (Å²) in [6, 6.07) is 10.1. The predicted octanol–water partition coefficient (Wildman–Crippen LogP) is 2.48. The molecule has 2 aliphatic rings. The van der Waals surface area contributed by atoms with Crippen molar-refractivity contribution >= 4 is 6.09 Å². The van der Waals surface area contributed by atoms with Crippen LogP contribution >= 0.6 is 0 Å². The number of hydrogen-bond donors (Lipinski definition) is 0. The third kappa shape index (κ3) is 2.75. The number of fused-ring (bicyclic) bond motifs is 1.